The minimum absolute atomic E-state index is 0.0390. The van der Waals surface area contributed by atoms with E-state index < -0.39 is 11.5 Å². The van der Waals surface area contributed by atoms with Crippen LogP contribution < -0.4 is 0 Å². The third-order valence-corrected chi connectivity index (χ3v) is 4.26. The third-order valence-electron chi connectivity index (χ3n) is 4.01. The van der Waals surface area contributed by atoms with Gasteiger partial charge < -0.3 is 4.74 Å². The summed E-state index contributed by atoms with van der Waals surface area (Å²) in [6.45, 7) is 5.70. The van der Waals surface area contributed by atoms with E-state index in [1.807, 2.05) is 75.4 Å². The lowest BCUT2D eigenvalue weighted by atomic mass is 9.84. The number of rotatable bonds is 3. The van der Waals surface area contributed by atoms with Crippen molar-refractivity contribution in [3.8, 4) is 0 Å². The Labute approximate surface area is 147 Å². The van der Waals surface area contributed by atoms with Gasteiger partial charge in [-0.2, -0.15) is 0 Å². The smallest absolute Gasteiger partial charge is 0.217 e. The SMILES string of the molecule is CC(C)(C)C(=O)C1OC(c2ccccc2)=NC1c1ccc(Cl)cc1. The van der Waals surface area contributed by atoms with Crippen LogP contribution >= 0.6 is 11.6 Å². The maximum absolute atomic E-state index is 12.9. The van der Waals surface area contributed by atoms with Crippen molar-refractivity contribution in [3.63, 3.8) is 0 Å². The standard InChI is InChI=1S/C20H20ClNO2/c1-20(2,3)18(23)17-16(13-9-11-15(21)12-10-13)22-19(24-17)14-7-5-4-6-8-14/h4-12,16-17H,1-3H3. The fraction of sp³-hybridized carbons (Fsp3) is 0.300. The highest BCUT2D eigenvalue weighted by Crippen LogP contribution is 2.35. The van der Waals surface area contributed by atoms with E-state index in [-0.39, 0.29) is 11.8 Å². The number of carbonyl (C=O) groups is 1. The van der Waals surface area contributed by atoms with E-state index in [0.717, 1.165) is 11.1 Å². The van der Waals surface area contributed by atoms with Crippen molar-refractivity contribution in [3.05, 3.63) is 70.7 Å². The molecule has 0 fully saturated rings. The summed E-state index contributed by atoms with van der Waals surface area (Å²) in [6.07, 6.45) is -0.624. The predicted octanol–water partition coefficient (Wildman–Crippen LogP) is 4.84. The van der Waals surface area contributed by atoms with Crippen LogP contribution in [0.15, 0.2) is 59.6 Å². The molecule has 0 aromatic heterocycles. The molecule has 1 heterocycles. The molecule has 124 valence electrons. The van der Waals surface area contributed by atoms with Gasteiger partial charge >= 0.3 is 0 Å². The first-order valence-electron chi connectivity index (χ1n) is 7.96. The first kappa shape index (κ1) is 16.7. The lowest BCUT2D eigenvalue weighted by Crippen LogP contribution is -2.36. The monoisotopic (exact) mass is 341 g/mol. The highest BCUT2D eigenvalue weighted by molar-refractivity contribution is 6.30. The van der Waals surface area contributed by atoms with Gasteiger partial charge in [0, 0.05) is 16.0 Å². The zero-order chi connectivity index (χ0) is 17.3. The highest BCUT2D eigenvalue weighted by atomic mass is 35.5. The summed E-state index contributed by atoms with van der Waals surface area (Å²) in [7, 11) is 0. The summed E-state index contributed by atoms with van der Waals surface area (Å²) in [5, 5.41) is 0.656. The maximum Gasteiger partial charge on any atom is 0.217 e. The number of ketones is 1. The molecule has 2 aromatic carbocycles. The molecule has 2 atom stereocenters. The van der Waals surface area contributed by atoms with Crippen LogP contribution in [0, 0.1) is 5.41 Å². The van der Waals surface area contributed by atoms with Crippen LogP contribution in [0.25, 0.3) is 0 Å². The van der Waals surface area contributed by atoms with Crippen molar-refractivity contribution >= 4 is 23.3 Å². The number of hydrogen-bond donors (Lipinski definition) is 0. The summed E-state index contributed by atoms with van der Waals surface area (Å²) in [5.41, 5.74) is 1.30. The largest absolute Gasteiger partial charge is 0.463 e. The van der Waals surface area contributed by atoms with Crippen LogP contribution in [0.4, 0.5) is 0 Å². The molecular weight excluding hydrogens is 322 g/mol. The van der Waals surface area contributed by atoms with Gasteiger partial charge in [-0.1, -0.05) is 62.7 Å². The van der Waals surface area contributed by atoms with Crippen LogP contribution in [0.3, 0.4) is 0 Å². The molecule has 1 aliphatic heterocycles. The van der Waals surface area contributed by atoms with E-state index in [4.69, 9.17) is 21.3 Å². The minimum atomic E-state index is -0.624. The van der Waals surface area contributed by atoms with Gasteiger partial charge in [-0.05, 0) is 29.8 Å². The Morgan fingerprint density at radius 3 is 2.25 bits per heavy atom. The van der Waals surface area contributed by atoms with Gasteiger partial charge in [0.2, 0.25) is 5.90 Å². The normalized spacial score (nSPS) is 20.4. The van der Waals surface area contributed by atoms with Crippen molar-refractivity contribution in [2.75, 3.05) is 0 Å². The summed E-state index contributed by atoms with van der Waals surface area (Å²) < 4.78 is 6.00. The molecule has 0 saturated carbocycles. The Kier molecular flexibility index (Phi) is 4.46. The van der Waals surface area contributed by atoms with Gasteiger partial charge in [0.15, 0.2) is 11.9 Å². The van der Waals surface area contributed by atoms with Crippen LogP contribution in [-0.2, 0) is 9.53 Å². The van der Waals surface area contributed by atoms with E-state index in [1.165, 1.54) is 0 Å². The molecule has 0 spiro atoms. The summed E-state index contributed by atoms with van der Waals surface area (Å²) in [5.74, 6) is 0.551. The number of ether oxygens (including phenoxy) is 1. The fourth-order valence-corrected chi connectivity index (χ4v) is 2.79. The summed E-state index contributed by atoms with van der Waals surface area (Å²) in [4.78, 5) is 17.6. The van der Waals surface area contributed by atoms with Gasteiger partial charge in [-0.15, -0.1) is 0 Å². The van der Waals surface area contributed by atoms with Gasteiger partial charge in [0.25, 0.3) is 0 Å². The number of Topliss-reactive ketones (excluding diaryl/α,β-unsaturated/α-hetero) is 1. The van der Waals surface area contributed by atoms with E-state index in [9.17, 15) is 4.79 Å². The fourth-order valence-electron chi connectivity index (χ4n) is 2.67. The van der Waals surface area contributed by atoms with E-state index in [2.05, 4.69) is 0 Å². The Balaban J connectivity index is 2.00. The second-order valence-corrected chi connectivity index (χ2v) is 7.39. The molecule has 0 radical (unpaired) electrons. The van der Waals surface area contributed by atoms with Crippen molar-refractivity contribution in [1.29, 1.82) is 0 Å². The van der Waals surface area contributed by atoms with Crippen LogP contribution in [-0.4, -0.2) is 17.8 Å². The van der Waals surface area contributed by atoms with E-state index in [0.29, 0.717) is 10.9 Å². The molecule has 0 N–H and O–H groups in total. The van der Waals surface area contributed by atoms with E-state index >= 15 is 0 Å². The Hall–Kier alpha value is -2.13. The Bertz CT molecular complexity index is 760. The average Bonchev–Trinajstić information content (AvgIpc) is 3.00. The maximum atomic E-state index is 12.9. The first-order valence-corrected chi connectivity index (χ1v) is 8.34. The number of aliphatic imine (C=N–C) groups is 1. The topological polar surface area (TPSA) is 38.7 Å². The number of halogens is 1. The van der Waals surface area contributed by atoms with E-state index in [1.54, 1.807) is 0 Å². The average molecular weight is 342 g/mol. The number of hydrogen-bond acceptors (Lipinski definition) is 3. The molecule has 0 amide bonds. The molecular formula is C20H20ClNO2. The van der Waals surface area contributed by atoms with Gasteiger partial charge in [-0.25, -0.2) is 4.99 Å². The van der Waals surface area contributed by atoms with Crippen molar-refractivity contribution in [2.45, 2.75) is 32.9 Å². The molecule has 1 aliphatic rings. The number of benzene rings is 2. The second kappa shape index (κ2) is 6.40. The Morgan fingerprint density at radius 1 is 1.04 bits per heavy atom. The third kappa shape index (κ3) is 3.36. The first-order chi connectivity index (χ1) is 11.4. The van der Waals surface area contributed by atoms with Crippen LogP contribution in [0.2, 0.25) is 5.02 Å². The quantitative estimate of drug-likeness (QED) is 0.801. The molecule has 0 aliphatic carbocycles. The van der Waals surface area contributed by atoms with Crippen molar-refractivity contribution in [2.24, 2.45) is 10.4 Å². The lowest BCUT2D eigenvalue weighted by molar-refractivity contribution is -0.134. The molecule has 0 saturated heterocycles. The second-order valence-electron chi connectivity index (χ2n) is 6.95. The van der Waals surface area contributed by atoms with Gasteiger partial charge in [0.1, 0.15) is 6.04 Å². The van der Waals surface area contributed by atoms with Gasteiger partial charge in [0.05, 0.1) is 0 Å². The van der Waals surface area contributed by atoms with Gasteiger partial charge in [-0.3, -0.25) is 4.79 Å². The molecule has 2 aromatic rings. The molecule has 0 bridgehead atoms. The number of carbonyl (C=O) groups excluding carboxylic acids is 1. The number of nitrogens with zero attached hydrogens (tertiary/aromatic N) is 1. The Morgan fingerprint density at radius 2 is 1.67 bits per heavy atom. The molecule has 3 rings (SSSR count). The van der Waals surface area contributed by atoms with Crippen LogP contribution in [0.5, 0.6) is 0 Å². The van der Waals surface area contributed by atoms with Crippen molar-refractivity contribution < 1.29 is 9.53 Å². The molecule has 4 heteroatoms. The molecule has 24 heavy (non-hydrogen) atoms. The molecule has 3 nitrogen and oxygen atoms in total. The zero-order valence-corrected chi connectivity index (χ0v) is 14.7. The van der Waals surface area contributed by atoms with Crippen molar-refractivity contribution in [1.82, 2.24) is 0 Å². The zero-order valence-electron chi connectivity index (χ0n) is 14.0. The molecule has 2 unspecified atom stereocenters. The summed E-state index contributed by atoms with van der Waals surface area (Å²) in [6, 6.07) is 16.7. The predicted molar refractivity (Wildman–Crippen MR) is 96.5 cm³/mol. The highest BCUT2D eigenvalue weighted by Gasteiger charge is 2.42. The minimum Gasteiger partial charge on any atom is -0.463 e. The lowest BCUT2D eigenvalue weighted by Gasteiger charge is -2.24. The van der Waals surface area contributed by atoms with Crippen LogP contribution in [0.1, 0.15) is 37.9 Å². The summed E-state index contributed by atoms with van der Waals surface area (Å²) >= 11 is 5.98.